The lowest BCUT2D eigenvalue weighted by atomic mass is 10.1. The molecule has 0 bridgehead atoms. The first-order chi connectivity index (χ1) is 9.43. The van der Waals surface area contributed by atoms with Crippen LogP contribution in [0.4, 0.5) is 0 Å². The molecule has 2 rings (SSSR count). The van der Waals surface area contributed by atoms with Gasteiger partial charge >= 0.3 is 0 Å². The van der Waals surface area contributed by atoms with Crippen LogP contribution in [0.25, 0.3) is 0 Å². The van der Waals surface area contributed by atoms with Gasteiger partial charge in [-0.1, -0.05) is 6.92 Å². The van der Waals surface area contributed by atoms with E-state index in [2.05, 4.69) is 43.4 Å². The average Bonchev–Trinajstić information content (AvgIpc) is 3.11. The minimum absolute atomic E-state index is 0. The molecular weight excluding hydrogens is 288 g/mol. The lowest BCUT2D eigenvalue weighted by Gasteiger charge is -2.22. The zero-order valence-corrected chi connectivity index (χ0v) is 14.2. The lowest BCUT2D eigenvalue weighted by molar-refractivity contribution is 0.0947. The minimum atomic E-state index is -0.0831. The van der Waals surface area contributed by atoms with E-state index in [1.165, 1.54) is 18.5 Å². The first-order valence-corrected chi connectivity index (χ1v) is 7.53. The molecule has 0 saturated heterocycles. The predicted molar refractivity (Wildman–Crippen MR) is 87.3 cm³/mol. The quantitative estimate of drug-likeness (QED) is 0.792. The number of hydrogen-bond donors (Lipinski definition) is 2. The van der Waals surface area contributed by atoms with Crippen LogP contribution in [0.15, 0.2) is 6.07 Å². The Labute approximate surface area is 133 Å². The fourth-order valence-corrected chi connectivity index (χ4v) is 2.25. The fraction of sp³-hybridized carbons (Fsp3) is 0.733. The topological polar surface area (TPSA) is 58.9 Å². The first-order valence-electron chi connectivity index (χ1n) is 7.53. The fourth-order valence-electron chi connectivity index (χ4n) is 2.25. The molecule has 0 radical (unpaired) electrons. The van der Waals surface area contributed by atoms with Gasteiger partial charge in [-0.25, -0.2) is 0 Å². The molecule has 0 atom stereocenters. The van der Waals surface area contributed by atoms with Gasteiger partial charge in [0.15, 0.2) is 0 Å². The predicted octanol–water partition coefficient (Wildman–Crippen LogP) is 2.28. The Balaban J connectivity index is 0.00000220. The highest BCUT2D eigenvalue weighted by molar-refractivity contribution is 5.92. The number of amides is 1. The summed E-state index contributed by atoms with van der Waals surface area (Å²) in [5, 5.41) is 10.6. The van der Waals surface area contributed by atoms with Gasteiger partial charge < -0.3 is 10.6 Å². The summed E-state index contributed by atoms with van der Waals surface area (Å²) < 4.78 is 2.02. The number of nitrogens with one attached hydrogen (secondary N) is 2. The van der Waals surface area contributed by atoms with E-state index in [1.807, 2.05) is 10.7 Å². The van der Waals surface area contributed by atoms with E-state index in [1.54, 1.807) is 0 Å². The van der Waals surface area contributed by atoms with Crippen LogP contribution in [0.1, 0.15) is 62.6 Å². The van der Waals surface area contributed by atoms with Crippen LogP contribution in [-0.4, -0.2) is 35.3 Å². The van der Waals surface area contributed by atoms with Gasteiger partial charge in [0, 0.05) is 24.7 Å². The van der Waals surface area contributed by atoms with Crippen molar-refractivity contribution >= 4 is 18.3 Å². The van der Waals surface area contributed by atoms with E-state index in [-0.39, 0.29) is 23.9 Å². The minimum Gasteiger partial charge on any atom is -0.349 e. The summed E-state index contributed by atoms with van der Waals surface area (Å²) in [6, 6.07) is 1.96. The molecule has 0 aliphatic heterocycles. The Kier molecular flexibility index (Phi) is 6.23. The Hall–Kier alpha value is -1.07. The molecule has 120 valence electrons. The Morgan fingerprint density at radius 1 is 1.38 bits per heavy atom. The molecule has 1 aliphatic carbocycles. The molecule has 1 fully saturated rings. The number of rotatable bonds is 6. The molecule has 6 heteroatoms. The van der Waals surface area contributed by atoms with Crippen LogP contribution in [0.2, 0.25) is 0 Å². The highest BCUT2D eigenvalue weighted by Crippen LogP contribution is 2.41. The van der Waals surface area contributed by atoms with Crippen molar-refractivity contribution in [3.8, 4) is 0 Å². The van der Waals surface area contributed by atoms with E-state index in [4.69, 9.17) is 0 Å². The number of likely N-dealkylation sites (N-methyl/N-ethyl adjacent to an activating group) is 1. The van der Waals surface area contributed by atoms with Crippen molar-refractivity contribution in [2.45, 2.75) is 52.0 Å². The molecule has 0 aromatic carbocycles. The monoisotopic (exact) mass is 314 g/mol. The third-order valence-electron chi connectivity index (χ3n) is 3.44. The summed E-state index contributed by atoms with van der Waals surface area (Å²) in [5.41, 5.74) is 1.66. The van der Waals surface area contributed by atoms with Crippen molar-refractivity contribution in [3.05, 3.63) is 17.5 Å². The number of carbonyl (C=O) groups is 1. The van der Waals surface area contributed by atoms with Crippen LogP contribution in [0.3, 0.4) is 0 Å². The molecule has 0 unspecified atom stereocenters. The molecule has 1 aliphatic rings. The maximum atomic E-state index is 12.1. The van der Waals surface area contributed by atoms with E-state index in [0.717, 1.165) is 13.1 Å². The summed E-state index contributed by atoms with van der Waals surface area (Å²) in [6.45, 7) is 10.8. The maximum Gasteiger partial charge on any atom is 0.271 e. The van der Waals surface area contributed by atoms with E-state index < -0.39 is 0 Å². The number of carbonyl (C=O) groups excluding carboxylic acids is 1. The van der Waals surface area contributed by atoms with E-state index in [9.17, 15) is 4.79 Å². The summed E-state index contributed by atoms with van der Waals surface area (Å²) in [6.07, 6.45) is 2.42. The van der Waals surface area contributed by atoms with Gasteiger partial charge in [0.25, 0.3) is 5.91 Å². The normalized spacial score (nSPS) is 14.7. The molecule has 0 spiro atoms. The molecule has 1 saturated carbocycles. The standard InChI is InChI=1S/C15H26N4O.ClH/c1-5-16-8-9-17-14(20)12-10-13(11-6-7-11)19(18-12)15(2,3)4;/h10-11,16H,5-9H2,1-4H3,(H,17,20);1H. The smallest absolute Gasteiger partial charge is 0.271 e. The first kappa shape index (κ1) is 18.0. The molecule has 21 heavy (non-hydrogen) atoms. The van der Waals surface area contributed by atoms with E-state index >= 15 is 0 Å². The zero-order chi connectivity index (χ0) is 14.8. The Morgan fingerprint density at radius 2 is 2.05 bits per heavy atom. The number of nitrogens with zero attached hydrogens (tertiary/aromatic N) is 2. The molecule has 1 heterocycles. The van der Waals surface area contributed by atoms with Crippen molar-refractivity contribution in [2.24, 2.45) is 0 Å². The Morgan fingerprint density at radius 3 is 2.57 bits per heavy atom. The van der Waals surface area contributed by atoms with Crippen molar-refractivity contribution in [2.75, 3.05) is 19.6 Å². The van der Waals surface area contributed by atoms with Crippen LogP contribution in [-0.2, 0) is 5.54 Å². The third kappa shape index (κ3) is 4.71. The molecule has 5 nitrogen and oxygen atoms in total. The largest absolute Gasteiger partial charge is 0.349 e. The third-order valence-corrected chi connectivity index (χ3v) is 3.44. The molecule has 2 N–H and O–H groups in total. The highest BCUT2D eigenvalue weighted by Gasteiger charge is 2.32. The number of aromatic nitrogens is 2. The van der Waals surface area contributed by atoms with E-state index in [0.29, 0.717) is 18.2 Å². The van der Waals surface area contributed by atoms with Crippen LogP contribution in [0, 0.1) is 0 Å². The van der Waals surface area contributed by atoms with Gasteiger partial charge in [0.1, 0.15) is 5.69 Å². The second-order valence-electron chi connectivity index (χ2n) is 6.42. The highest BCUT2D eigenvalue weighted by atomic mass is 35.5. The van der Waals surface area contributed by atoms with Crippen LogP contribution in [0.5, 0.6) is 0 Å². The Bertz CT molecular complexity index is 475. The van der Waals surface area contributed by atoms with Gasteiger partial charge in [-0.15, -0.1) is 12.4 Å². The maximum absolute atomic E-state index is 12.1. The van der Waals surface area contributed by atoms with Crippen molar-refractivity contribution < 1.29 is 4.79 Å². The average molecular weight is 315 g/mol. The van der Waals surface area contributed by atoms with Gasteiger partial charge in [0.2, 0.25) is 0 Å². The van der Waals surface area contributed by atoms with Crippen molar-refractivity contribution in [1.82, 2.24) is 20.4 Å². The van der Waals surface area contributed by atoms with Gasteiger partial charge in [0.05, 0.1) is 5.54 Å². The molecule has 1 aromatic rings. The molecular formula is C15H27ClN4O. The zero-order valence-electron chi connectivity index (χ0n) is 13.4. The van der Waals surface area contributed by atoms with Gasteiger partial charge in [-0.05, 0) is 46.2 Å². The summed E-state index contributed by atoms with van der Waals surface area (Å²) in [4.78, 5) is 12.1. The molecule has 1 aromatic heterocycles. The number of hydrogen-bond acceptors (Lipinski definition) is 3. The van der Waals surface area contributed by atoms with Crippen LogP contribution < -0.4 is 10.6 Å². The second kappa shape index (κ2) is 7.27. The van der Waals surface area contributed by atoms with Crippen molar-refractivity contribution in [1.29, 1.82) is 0 Å². The number of halogens is 1. The SMILES string of the molecule is CCNCCNC(=O)c1cc(C2CC2)n(C(C)(C)C)n1.Cl. The summed E-state index contributed by atoms with van der Waals surface area (Å²) in [7, 11) is 0. The van der Waals surface area contributed by atoms with Crippen molar-refractivity contribution in [3.63, 3.8) is 0 Å². The summed E-state index contributed by atoms with van der Waals surface area (Å²) >= 11 is 0. The van der Waals surface area contributed by atoms with Crippen LogP contribution >= 0.6 is 12.4 Å². The second-order valence-corrected chi connectivity index (χ2v) is 6.42. The molecule has 1 amide bonds. The van der Waals surface area contributed by atoms with Gasteiger partial charge in [-0.2, -0.15) is 5.10 Å². The van der Waals surface area contributed by atoms with Gasteiger partial charge in [-0.3, -0.25) is 9.48 Å². The summed E-state index contributed by atoms with van der Waals surface area (Å²) in [5.74, 6) is 0.512. The lowest BCUT2D eigenvalue weighted by Crippen LogP contribution is -2.32.